The highest BCUT2D eigenvalue weighted by molar-refractivity contribution is 5.94. The van der Waals surface area contributed by atoms with Crippen molar-refractivity contribution in [2.75, 3.05) is 27.0 Å². The van der Waals surface area contributed by atoms with Gasteiger partial charge in [-0.3, -0.25) is 9.89 Å². The predicted octanol–water partition coefficient (Wildman–Crippen LogP) is 1.18. The Labute approximate surface area is 138 Å². The van der Waals surface area contributed by atoms with Gasteiger partial charge in [-0.15, -0.1) is 0 Å². The molecule has 4 rings (SSSR count). The van der Waals surface area contributed by atoms with Gasteiger partial charge in [0.15, 0.2) is 11.5 Å². The number of nitrogens with zero attached hydrogens (tertiary/aromatic N) is 3. The summed E-state index contributed by atoms with van der Waals surface area (Å²) in [5.74, 6) is 2.12. The van der Waals surface area contributed by atoms with Crippen LogP contribution in [0.5, 0.6) is 11.5 Å². The molecular formula is C16H18N4O4. The zero-order valence-electron chi connectivity index (χ0n) is 13.3. The highest BCUT2D eigenvalue weighted by atomic mass is 16.7. The molecule has 24 heavy (non-hydrogen) atoms. The largest absolute Gasteiger partial charge is 0.454 e. The number of aromatic amines is 1. The van der Waals surface area contributed by atoms with Gasteiger partial charge in [-0.05, 0) is 24.6 Å². The van der Waals surface area contributed by atoms with Crippen LogP contribution in [0.1, 0.15) is 28.5 Å². The molecule has 3 heterocycles. The van der Waals surface area contributed by atoms with E-state index in [0.717, 1.165) is 12.2 Å². The number of amides is 1. The molecule has 1 aromatic heterocycles. The third kappa shape index (κ3) is 2.69. The monoisotopic (exact) mass is 330 g/mol. The summed E-state index contributed by atoms with van der Waals surface area (Å²) in [6.45, 7) is 1.33. The van der Waals surface area contributed by atoms with Crippen LogP contribution in [0.4, 0.5) is 0 Å². The van der Waals surface area contributed by atoms with Gasteiger partial charge < -0.3 is 19.1 Å². The number of carbonyl (C=O) groups excluding carboxylic acids is 1. The molecule has 8 nitrogen and oxygen atoms in total. The lowest BCUT2D eigenvalue weighted by atomic mass is 10.00. The predicted molar refractivity (Wildman–Crippen MR) is 83.0 cm³/mol. The maximum atomic E-state index is 12.7. The zero-order chi connectivity index (χ0) is 16.5. The summed E-state index contributed by atoms with van der Waals surface area (Å²) in [4.78, 5) is 18.5. The number of likely N-dealkylation sites (N-methyl/N-ethyl adjacent to an activating group) is 1. The van der Waals surface area contributed by atoms with E-state index in [0.29, 0.717) is 30.2 Å². The molecule has 1 aromatic carbocycles. The lowest BCUT2D eigenvalue weighted by Gasteiger charge is -2.24. The normalized spacial score (nSPS) is 21.9. The van der Waals surface area contributed by atoms with E-state index in [-0.39, 0.29) is 24.7 Å². The number of nitrogens with one attached hydrogen (secondary N) is 1. The molecule has 1 amide bonds. The van der Waals surface area contributed by atoms with E-state index in [2.05, 4.69) is 15.2 Å². The standard InChI is InChI=1S/C16H18N4O4/c1-20(7-14-11(4-5-22-14)15-17-8-18-19-15)16(21)10-2-3-12-13(6-10)24-9-23-12/h2-3,6,8,11,14H,4-5,7,9H2,1H3,(H,17,18,19)/t11-,14-/m1/s1. The Balaban J connectivity index is 1.45. The van der Waals surface area contributed by atoms with Crippen LogP contribution in [0.15, 0.2) is 24.5 Å². The smallest absolute Gasteiger partial charge is 0.253 e. The summed E-state index contributed by atoms with van der Waals surface area (Å²) in [7, 11) is 1.77. The van der Waals surface area contributed by atoms with Gasteiger partial charge in [0.2, 0.25) is 6.79 Å². The van der Waals surface area contributed by atoms with Crippen LogP contribution in [-0.4, -0.2) is 59.1 Å². The first-order chi connectivity index (χ1) is 11.7. The molecule has 0 bridgehead atoms. The molecule has 0 radical (unpaired) electrons. The maximum absolute atomic E-state index is 12.7. The van der Waals surface area contributed by atoms with Gasteiger partial charge in [-0.1, -0.05) is 0 Å². The van der Waals surface area contributed by atoms with E-state index in [1.54, 1.807) is 30.1 Å². The van der Waals surface area contributed by atoms with E-state index in [4.69, 9.17) is 14.2 Å². The van der Waals surface area contributed by atoms with Crippen molar-refractivity contribution in [1.82, 2.24) is 20.1 Å². The number of carbonyl (C=O) groups is 1. The summed E-state index contributed by atoms with van der Waals surface area (Å²) in [5, 5.41) is 6.79. The fourth-order valence-corrected chi connectivity index (χ4v) is 3.14. The number of benzene rings is 1. The lowest BCUT2D eigenvalue weighted by molar-refractivity contribution is 0.0550. The Morgan fingerprint density at radius 1 is 1.38 bits per heavy atom. The minimum atomic E-state index is -0.0964. The first-order valence-electron chi connectivity index (χ1n) is 7.84. The van der Waals surface area contributed by atoms with Gasteiger partial charge >= 0.3 is 0 Å². The van der Waals surface area contributed by atoms with Crippen LogP contribution in [0.2, 0.25) is 0 Å². The molecule has 126 valence electrons. The molecule has 0 unspecified atom stereocenters. The zero-order valence-corrected chi connectivity index (χ0v) is 13.3. The Hall–Kier alpha value is -2.61. The number of H-pyrrole nitrogens is 1. The van der Waals surface area contributed by atoms with Crippen molar-refractivity contribution in [3.05, 3.63) is 35.9 Å². The van der Waals surface area contributed by atoms with Gasteiger partial charge in [0, 0.05) is 31.7 Å². The third-order valence-corrected chi connectivity index (χ3v) is 4.41. The highest BCUT2D eigenvalue weighted by Crippen LogP contribution is 2.33. The molecule has 2 atom stereocenters. The Morgan fingerprint density at radius 2 is 2.25 bits per heavy atom. The minimum absolute atomic E-state index is 0.0832. The maximum Gasteiger partial charge on any atom is 0.253 e. The second-order valence-electron chi connectivity index (χ2n) is 5.93. The van der Waals surface area contributed by atoms with Crippen LogP contribution >= 0.6 is 0 Å². The molecular weight excluding hydrogens is 312 g/mol. The topological polar surface area (TPSA) is 89.6 Å². The molecule has 2 aromatic rings. The third-order valence-electron chi connectivity index (χ3n) is 4.41. The number of hydrogen-bond acceptors (Lipinski definition) is 6. The van der Waals surface area contributed by atoms with Crippen molar-refractivity contribution in [3.63, 3.8) is 0 Å². The van der Waals surface area contributed by atoms with Crippen molar-refractivity contribution in [1.29, 1.82) is 0 Å². The fourth-order valence-electron chi connectivity index (χ4n) is 3.14. The highest BCUT2D eigenvalue weighted by Gasteiger charge is 2.33. The summed E-state index contributed by atoms with van der Waals surface area (Å²) in [6.07, 6.45) is 2.26. The molecule has 8 heteroatoms. The summed E-state index contributed by atoms with van der Waals surface area (Å²) < 4.78 is 16.4. The lowest BCUT2D eigenvalue weighted by Crippen LogP contribution is -2.36. The molecule has 2 aliphatic rings. The Bertz CT molecular complexity index is 734. The van der Waals surface area contributed by atoms with E-state index in [1.807, 2.05) is 0 Å². The summed E-state index contributed by atoms with van der Waals surface area (Å²) in [5.41, 5.74) is 0.566. The van der Waals surface area contributed by atoms with Crippen LogP contribution < -0.4 is 9.47 Å². The van der Waals surface area contributed by atoms with Crippen LogP contribution in [0.25, 0.3) is 0 Å². The van der Waals surface area contributed by atoms with E-state index in [9.17, 15) is 4.79 Å². The number of aromatic nitrogens is 3. The average molecular weight is 330 g/mol. The molecule has 2 aliphatic heterocycles. The average Bonchev–Trinajstić information content (AvgIpc) is 3.33. The van der Waals surface area contributed by atoms with Crippen LogP contribution in [-0.2, 0) is 4.74 Å². The molecule has 0 saturated carbocycles. The SMILES string of the molecule is CN(C[C@H]1OCC[C@H]1c1ncn[nH]1)C(=O)c1ccc2c(c1)OCO2. The number of rotatable bonds is 4. The molecule has 1 fully saturated rings. The van der Waals surface area contributed by atoms with E-state index in [1.165, 1.54) is 6.33 Å². The van der Waals surface area contributed by atoms with Gasteiger partial charge in [-0.2, -0.15) is 5.10 Å². The Morgan fingerprint density at radius 3 is 3.08 bits per heavy atom. The van der Waals surface area contributed by atoms with Crippen molar-refractivity contribution < 1.29 is 19.0 Å². The van der Waals surface area contributed by atoms with Gasteiger partial charge in [0.25, 0.3) is 5.91 Å². The van der Waals surface area contributed by atoms with Crippen LogP contribution in [0.3, 0.4) is 0 Å². The van der Waals surface area contributed by atoms with E-state index < -0.39 is 0 Å². The van der Waals surface area contributed by atoms with Gasteiger partial charge in [0.1, 0.15) is 12.2 Å². The number of ether oxygens (including phenoxy) is 3. The summed E-state index contributed by atoms with van der Waals surface area (Å²) in [6, 6.07) is 5.22. The molecule has 0 aliphatic carbocycles. The summed E-state index contributed by atoms with van der Waals surface area (Å²) >= 11 is 0. The number of hydrogen-bond donors (Lipinski definition) is 1. The molecule has 1 N–H and O–H groups in total. The second kappa shape index (κ2) is 6.12. The van der Waals surface area contributed by atoms with Crippen molar-refractivity contribution >= 4 is 5.91 Å². The van der Waals surface area contributed by atoms with Crippen molar-refractivity contribution in [2.45, 2.75) is 18.4 Å². The van der Waals surface area contributed by atoms with Crippen molar-refractivity contribution in [3.8, 4) is 11.5 Å². The first kappa shape index (κ1) is 14.9. The second-order valence-corrected chi connectivity index (χ2v) is 5.93. The van der Waals surface area contributed by atoms with Crippen LogP contribution in [0, 0.1) is 0 Å². The molecule has 0 spiro atoms. The van der Waals surface area contributed by atoms with Gasteiger partial charge in [-0.25, -0.2) is 4.98 Å². The first-order valence-corrected chi connectivity index (χ1v) is 7.84. The van der Waals surface area contributed by atoms with Gasteiger partial charge in [0.05, 0.1) is 6.10 Å². The van der Waals surface area contributed by atoms with Crippen molar-refractivity contribution in [2.24, 2.45) is 0 Å². The van der Waals surface area contributed by atoms with E-state index >= 15 is 0 Å². The quantitative estimate of drug-likeness (QED) is 0.905. The Kier molecular flexibility index (Phi) is 3.81. The minimum Gasteiger partial charge on any atom is -0.454 e. The molecule has 1 saturated heterocycles. The fraction of sp³-hybridized carbons (Fsp3) is 0.438. The number of fused-ring (bicyclic) bond motifs is 1.